The number of nitrogens with one attached hydrogen (secondary N) is 1. The molecule has 0 atom stereocenters. The highest BCUT2D eigenvalue weighted by atomic mass is 35.5. The van der Waals surface area contributed by atoms with Crippen LogP contribution in [0.4, 0.5) is 11.4 Å². The van der Waals surface area contributed by atoms with Crippen LogP contribution in [0, 0.1) is 0 Å². The number of halogens is 1. The zero-order valence-corrected chi connectivity index (χ0v) is 20.0. The molecule has 34 heavy (non-hydrogen) atoms. The van der Waals surface area contributed by atoms with Crippen LogP contribution in [0.1, 0.15) is 18.4 Å². The Morgan fingerprint density at radius 1 is 1.06 bits per heavy atom. The normalized spacial score (nSPS) is 17.4. The Hall–Kier alpha value is -3.21. The lowest BCUT2D eigenvalue weighted by Crippen LogP contribution is -2.35. The van der Waals surface area contributed by atoms with Gasteiger partial charge in [-0.25, -0.2) is 0 Å². The summed E-state index contributed by atoms with van der Waals surface area (Å²) in [4.78, 5) is 52.8. The summed E-state index contributed by atoms with van der Waals surface area (Å²) in [5.74, 6) is -2.31. The summed E-state index contributed by atoms with van der Waals surface area (Å²) in [5, 5.41) is 12.0. The molecule has 3 amide bonds. The fourth-order valence-electron chi connectivity index (χ4n) is 3.70. The molecule has 2 aliphatic heterocycles. The first-order valence-electron chi connectivity index (χ1n) is 10.2. The molecule has 11 heteroatoms. The number of benzene rings is 2. The lowest BCUT2D eigenvalue weighted by atomic mass is 10.1. The molecule has 2 N–H and O–H groups in total. The molecule has 0 bridgehead atoms. The van der Waals surface area contributed by atoms with Crippen molar-refractivity contribution in [3.63, 3.8) is 0 Å². The maximum Gasteiger partial charge on any atom is 0.303 e. The molecule has 8 nitrogen and oxygen atoms in total. The van der Waals surface area contributed by atoms with Crippen molar-refractivity contribution in [1.82, 2.24) is 4.90 Å². The van der Waals surface area contributed by atoms with Gasteiger partial charge in [-0.3, -0.25) is 29.0 Å². The van der Waals surface area contributed by atoms with Crippen molar-refractivity contribution >= 4 is 80.5 Å². The molecular weight excluding hydrogens is 498 g/mol. The smallest absolute Gasteiger partial charge is 0.303 e. The largest absolute Gasteiger partial charge is 0.481 e. The van der Waals surface area contributed by atoms with Gasteiger partial charge in [0.1, 0.15) is 10.9 Å². The highest BCUT2D eigenvalue weighted by Gasteiger charge is 2.42. The maximum atomic E-state index is 13.4. The van der Waals surface area contributed by atoms with E-state index in [1.54, 1.807) is 48.5 Å². The van der Waals surface area contributed by atoms with Crippen molar-refractivity contribution in [3.05, 3.63) is 64.0 Å². The number of fused-ring (bicyclic) bond motifs is 1. The van der Waals surface area contributed by atoms with Crippen LogP contribution < -0.4 is 10.2 Å². The minimum atomic E-state index is -0.963. The first kappa shape index (κ1) is 23.9. The molecule has 2 heterocycles. The lowest BCUT2D eigenvalue weighted by Gasteiger charge is -2.17. The predicted octanol–water partition coefficient (Wildman–Crippen LogP) is 3.76. The molecule has 0 saturated carbocycles. The van der Waals surface area contributed by atoms with Crippen molar-refractivity contribution in [1.29, 1.82) is 0 Å². The lowest BCUT2D eigenvalue weighted by molar-refractivity contribution is -0.137. The van der Waals surface area contributed by atoms with Crippen LogP contribution in [0.2, 0.25) is 5.02 Å². The zero-order chi connectivity index (χ0) is 24.4. The number of hydrogen-bond acceptors (Lipinski definition) is 6. The predicted molar refractivity (Wildman–Crippen MR) is 135 cm³/mol. The fourth-order valence-corrected chi connectivity index (χ4v) is 5.27. The van der Waals surface area contributed by atoms with E-state index < -0.39 is 23.7 Å². The van der Waals surface area contributed by atoms with Gasteiger partial charge >= 0.3 is 5.97 Å². The number of carboxylic acids is 1. The molecule has 2 aromatic carbocycles. The number of para-hydroxylation sites is 1. The molecule has 0 spiro atoms. The second-order valence-corrected chi connectivity index (χ2v) is 9.57. The quantitative estimate of drug-likeness (QED) is 0.427. The number of rotatable bonds is 7. The third-order valence-electron chi connectivity index (χ3n) is 5.18. The van der Waals surface area contributed by atoms with Crippen LogP contribution in [-0.2, 0) is 19.2 Å². The highest BCUT2D eigenvalue weighted by Crippen LogP contribution is 2.44. The molecule has 0 aliphatic carbocycles. The Morgan fingerprint density at radius 2 is 1.82 bits per heavy atom. The topological polar surface area (TPSA) is 107 Å². The number of amides is 3. The molecule has 4 rings (SSSR count). The standard InChI is InChI=1S/C23H18ClN3O5S2/c24-13-5-3-6-14(11-13)25-17(28)12-27-16-8-2-1-7-15(16)19(21(27)31)20-22(32)26(23(33)34-20)10-4-9-18(29)30/h1-3,5-8,11H,4,9-10,12H2,(H,25,28)(H,29,30)/b20-19-. The number of anilines is 2. The minimum Gasteiger partial charge on any atom is -0.481 e. The molecule has 1 saturated heterocycles. The first-order chi connectivity index (χ1) is 16.3. The van der Waals surface area contributed by atoms with Gasteiger partial charge in [-0.15, -0.1) is 0 Å². The highest BCUT2D eigenvalue weighted by molar-refractivity contribution is 8.26. The number of aliphatic carboxylic acids is 1. The summed E-state index contributed by atoms with van der Waals surface area (Å²) in [7, 11) is 0. The van der Waals surface area contributed by atoms with E-state index in [1.165, 1.54) is 9.80 Å². The van der Waals surface area contributed by atoms with Gasteiger partial charge in [0, 0.05) is 29.2 Å². The van der Waals surface area contributed by atoms with Gasteiger partial charge in [0.15, 0.2) is 0 Å². The van der Waals surface area contributed by atoms with Crippen LogP contribution in [-0.4, -0.2) is 51.1 Å². The average Bonchev–Trinajstić information content (AvgIpc) is 3.21. The number of carboxylic acid groups (broad SMARTS) is 1. The van der Waals surface area contributed by atoms with E-state index in [-0.39, 0.29) is 40.7 Å². The maximum absolute atomic E-state index is 13.4. The summed E-state index contributed by atoms with van der Waals surface area (Å²) in [6.07, 6.45) is 0.144. The number of hydrogen-bond donors (Lipinski definition) is 2. The number of carbonyl (C=O) groups is 4. The van der Waals surface area contributed by atoms with Gasteiger partial charge < -0.3 is 10.4 Å². The van der Waals surface area contributed by atoms with E-state index in [0.29, 0.717) is 22.0 Å². The summed E-state index contributed by atoms with van der Waals surface area (Å²) >= 11 is 12.3. The van der Waals surface area contributed by atoms with Crippen LogP contribution in [0.15, 0.2) is 53.4 Å². The average molecular weight is 516 g/mol. The number of nitrogens with zero attached hydrogens (tertiary/aromatic N) is 2. The molecule has 174 valence electrons. The van der Waals surface area contributed by atoms with Crippen molar-refractivity contribution in [2.75, 3.05) is 23.3 Å². The van der Waals surface area contributed by atoms with Crippen molar-refractivity contribution in [3.8, 4) is 0 Å². The van der Waals surface area contributed by atoms with Gasteiger partial charge in [0.2, 0.25) is 5.91 Å². The Morgan fingerprint density at radius 3 is 2.56 bits per heavy atom. The Bertz CT molecular complexity index is 1260. The molecule has 0 aromatic heterocycles. The summed E-state index contributed by atoms with van der Waals surface area (Å²) < 4.78 is 0.264. The molecule has 1 fully saturated rings. The van der Waals surface area contributed by atoms with Gasteiger partial charge in [-0.2, -0.15) is 0 Å². The van der Waals surface area contributed by atoms with Gasteiger partial charge in [0.25, 0.3) is 11.8 Å². The Labute approximate surface area is 209 Å². The SMILES string of the molecule is O=C(O)CCCN1C(=O)/C(=C2/C(=O)N(CC(=O)Nc3cccc(Cl)c3)c3ccccc32)SC1=S. The third-order valence-corrected chi connectivity index (χ3v) is 6.87. The molecule has 2 aliphatic rings. The van der Waals surface area contributed by atoms with E-state index in [4.69, 9.17) is 28.9 Å². The van der Waals surface area contributed by atoms with E-state index >= 15 is 0 Å². The summed E-state index contributed by atoms with van der Waals surface area (Å²) in [6, 6.07) is 13.6. The second-order valence-electron chi connectivity index (χ2n) is 7.49. The molecule has 0 unspecified atom stereocenters. The van der Waals surface area contributed by atoms with E-state index in [1.807, 2.05) is 0 Å². The van der Waals surface area contributed by atoms with Gasteiger partial charge in [-0.1, -0.05) is 59.8 Å². The number of thioether (sulfide) groups is 1. The number of carbonyl (C=O) groups excluding carboxylic acids is 3. The fraction of sp³-hybridized carbons (Fsp3) is 0.174. The summed E-state index contributed by atoms with van der Waals surface area (Å²) in [6.45, 7) is -0.111. The number of thiocarbonyl (C=S) groups is 1. The van der Waals surface area contributed by atoms with Crippen LogP contribution in [0.5, 0.6) is 0 Å². The van der Waals surface area contributed by atoms with Crippen LogP contribution >= 0.6 is 35.6 Å². The minimum absolute atomic E-state index is 0.0970. The van der Waals surface area contributed by atoms with E-state index in [0.717, 1.165) is 11.8 Å². The van der Waals surface area contributed by atoms with Gasteiger partial charge in [0.05, 0.1) is 16.2 Å². The van der Waals surface area contributed by atoms with Crippen molar-refractivity contribution < 1.29 is 24.3 Å². The van der Waals surface area contributed by atoms with Crippen molar-refractivity contribution in [2.24, 2.45) is 0 Å². The second kappa shape index (κ2) is 9.96. The molecular formula is C23H18ClN3O5S2. The zero-order valence-electron chi connectivity index (χ0n) is 17.6. The Balaban J connectivity index is 1.59. The summed E-state index contributed by atoms with van der Waals surface area (Å²) in [5.41, 5.74) is 1.73. The van der Waals surface area contributed by atoms with Crippen molar-refractivity contribution in [2.45, 2.75) is 12.8 Å². The van der Waals surface area contributed by atoms with E-state index in [9.17, 15) is 19.2 Å². The third kappa shape index (κ3) is 4.84. The van der Waals surface area contributed by atoms with Crippen LogP contribution in [0.25, 0.3) is 5.57 Å². The van der Waals surface area contributed by atoms with E-state index in [2.05, 4.69) is 5.32 Å². The molecule has 0 radical (unpaired) electrons. The van der Waals surface area contributed by atoms with Crippen LogP contribution in [0.3, 0.4) is 0 Å². The Kier molecular flexibility index (Phi) is 7.01. The van der Waals surface area contributed by atoms with Gasteiger partial charge in [-0.05, 0) is 30.7 Å². The molecule has 2 aromatic rings. The first-order valence-corrected chi connectivity index (χ1v) is 11.8. The monoisotopic (exact) mass is 515 g/mol.